The van der Waals surface area contributed by atoms with E-state index in [1.165, 1.54) is 18.2 Å². The molecule has 2 heterocycles. The molecule has 0 radical (unpaired) electrons. The maximum Gasteiger partial charge on any atom is 0.335 e. The lowest BCUT2D eigenvalue weighted by Crippen LogP contribution is -2.53. The number of aromatic nitrogens is 1. The predicted molar refractivity (Wildman–Crippen MR) is 101 cm³/mol. The van der Waals surface area contributed by atoms with Crippen molar-refractivity contribution in [2.24, 2.45) is 0 Å². The first kappa shape index (κ1) is 19.1. The molecule has 3 rings (SSSR count). The summed E-state index contributed by atoms with van der Waals surface area (Å²) in [5.74, 6) is -2.36. The molecule has 8 nitrogen and oxygen atoms in total. The largest absolute Gasteiger partial charge is 0.478 e. The number of likely N-dealkylation sites (N-methyl/N-ethyl adjacent to an activating group) is 1. The van der Waals surface area contributed by atoms with Gasteiger partial charge in [-0.25, -0.2) is 9.59 Å². The maximum atomic E-state index is 12.5. The number of carbonyl (C=O) groups excluding carboxylic acids is 3. The summed E-state index contributed by atoms with van der Waals surface area (Å²) in [6.07, 6.45) is 1.47. The van der Waals surface area contributed by atoms with Gasteiger partial charge >= 0.3 is 12.0 Å². The molecule has 28 heavy (non-hydrogen) atoms. The van der Waals surface area contributed by atoms with Crippen LogP contribution in [0.1, 0.15) is 34.2 Å². The van der Waals surface area contributed by atoms with Gasteiger partial charge in [-0.15, -0.1) is 0 Å². The maximum absolute atomic E-state index is 12.5. The zero-order valence-corrected chi connectivity index (χ0v) is 15.6. The van der Waals surface area contributed by atoms with Crippen LogP contribution in [0.3, 0.4) is 0 Å². The Hall–Kier alpha value is -3.68. The number of nitrogens with one attached hydrogen (secondary N) is 1. The molecule has 0 bridgehead atoms. The summed E-state index contributed by atoms with van der Waals surface area (Å²) in [5.41, 5.74) is 3.11. The first-order valence-electron chi connectivity index (χ1n) is 8.66. The van der Waals surface area contributed by atoms with Crippen LogP contribution in [0.25, 0.3) is 11.8 Å². The van der Waals surface area contributed by atoms with E-state index in [1.807, 2.05) is 24.5 Å². The quantitative estimate of drug-likeness (QED) is 0.624. The molecule has 1 aromatic heterocycles. The third-order valence-corrected chi connectivity index (χ3v) is 4.64. The number of nitrogens with zero attached hydrogens (tertiary/aromatic N) is 2. The number of carboxylic acid groups (broad SMARTS) is 1. The van der Waals surface area contributed by atoms with Gasteiger partial charge in [0.2, 0.25) is 0 Å². The Kier molecular flexibility index (Phi) is 4.87. The topological polar surface area (TPSA) is 109 Å². The highest BCUT2D eigenvalue weighted by molar-refractivity contribution is 6.31. The Labute approximate surface area is 161 Å². The van der Waals surface area contributed by atoms with Gasteiger partial charge in [0.05, 0.1) is 5.56 Å². The van der Waals surface area contributed by atoms with E-state index in [0.29, 0.717) is 5.56 Å². The number of benzene rings is 1. The number of aryl methyl sites for hydroxylation is 1. The van der Waals surface area contributed by atoms with E-state index in [9.17, 15) is 19.2 Å². The lowest BCUT2D eigenvalue weighted by atomic mass is 10.1. The van der Waals surface area contributed by atoms with Gasteiger partial charge in [-0.05, 0) is 62.7 Å². The molecule has 1 saturated heterocycles. The lowest BCUT2D eigenvalue weighted by molar-refractivity contribution is -0.129. The molecule has 1 aromatic carbocycles. The molecule has 144 valence electrons. The number of hydrogen-bond donors (Lipinski definition) is 2. The molecule has 1 aliphatic rings. The third kappa shape index (κ3) is 3.20. The number of carbonyl (C=O) groups is 4. The summed E-state index contributed by atoms with van der Waals surface area (Å²) in [5, 5.41) is 11.2. The fourth-order valence-electron chi connectivity index (χ4n) is 3.22. The zero-order valence-electron chi connectivity index (χ0n) is 15.6. The second-order valence-electron chi connectivity index (χ2n) is 6.38. The van der Waals surface area contributed by atoms with E-state index in [4.69, 9.17) is 5.11 Å². The van der Waals surface area contributed by atoms with Crippen LogP contribution in [0, 0.1) is 13.8 Å². The number of carboxylic acids is 1. The van der Waals surface area contributed by atoms with Gasteiger partial charge in [0.1, 0.15) is 5.57 Å². The minimum absolute atomic E-state index is 0.108. The highest BCUT2D eigenvalue weighted by Crippen LogP contribution is 2.24. The van der Waals surface area contributed by atoms with Crippen molar-refractivity contribution in [3.63, 3.8) is 0 Å². The van der Waals surface area contributed by atoms with Crippen molar-refractivity contribution in [3.05, 3.63) is 58.4 Å². The SMILES string of the molecule is CCN1C(=O)NC(=O)/C(=C/c2cc(C)n(-c3ccc(C(=O)O)cc3)c2C)C1=O. The van der Waals surface area contributed by atoms with Crippen LogP contribution in [0.4, 0.5) is 4.79 Å². The molecule has 8 heteroatoms. The van der Waals surface area contributed by atoms with Crippen molar-refractivity contribution in [1.82, 2.24) is 14.8 Å². The van der Waals surface area contributed by atoms with Crippen molar-refractivity contribution in [3.8, 4) is 5.69 Å². The van der Waals surface area contributed by atoms with Gasteiger partial charge in [0.25, 0.3) is 11.8 Å². The van der Waals surface area contributed by atoms with E-state index in [-0.39, 0.29) is 17.7 Å². The van der Waals surface area contributed by atoms with Crippen LogP contribution in [-0.4, -0.2) is 44.9 Å². The Morgan fingerprint density at radius 3 is 2.36 bits per heavy atom. The molecule has 2 aromatic rings. The highest BCUT2D eigenvalue weighted by Gasteiger charge is 2.34. The van der Waals surface area contributed by atoms with Crippen LogP contribution in [-0.2, 0) is 9.59 Å². The Bertz CT molecular complexity index is 1030. The molecule has 0 spiro atoms. The fourth-order valence-corrected chi connectivity index (χ4v) is 3.22. The standard InChI is InChI=1S/C20H19N3O5/c1-4-22-18(25)16(17(24)21-20(22)28)10-14-9-11(2)23(12(14)3)15-7-5-13(6-8-15)19(26)27/h5-10H,4H2,1-3H3,(H,26,27)(H,21,24,28)/b16-10-. The first-order valence-corrected chi connectivity index (χ1v) is 8.66. The first-order chi connectivity index (χ1) is 13.2. The summed E-state index contributed by atoms with van der Waals surface area (Å²) < 4.78 is 1.89. The second kappa shape index (κ2) is 7.15. The van der Waals surface area contributed by atoms with Crippen LogP contribution in [0.5, 0.6) is 0 Å². The number of aromatic carboxylic acids is 1. The van der Waals surface area contributed by atoms with Crippen LogP contribution in [0.15, 0.2) is 35.9 Å². The normalized spacial score (nSPS) is 15.9. The van der Waals surface area contributed by atoms with Crippen LogP contribution < -0.4 is 5.32 Å². The van der Waals surface area contributed by atoms with E-state index in [1.54, 1.807) is 19.1 Å². The van der Waals surface area contributed by atoms with Gasteiger partial charge in [-0.3, -0.25) is 19.8 Å². The van der Waals surface area contributed by atoms with Gasteiger partial charge in [0.15, 0.2) is 0 Å². The molecular weight excluding hydrogens is 362 g/mol. The average molecular weight is 381 g/mol. The minimum atomic E-state index is -1.00. The third-order valence-electron chi connectivity index (χ3n) is 4.64. The Morgan fingerprint density at radius 2 is 1.79 bits per heavy atom. The molecule has 0 atom stereocenters. The number of barbiturate groups is 1. The molecule has 2 N–H and O–H groups in total. The van der Waals surface area contributed by atoms with E-state index < -0.39 is 23.8 Å². The molecule has 0 aliphatic carbocycles. The summed E-state index contributed by atoms with van der Waals surface area (Å²) >= 11 is 0. The fraction of sp³-hybridized carbons (Fsp3) is 0.200. The number of imide groups is 2. The van der Waals surface area contributed by atoms with Crippen molar-refractivity contribution >= 4 is 29.9 Å². The summed E-state index contributed by atoms with van der Waals surface area (Å²) in [6.45, 7) is 5.50. The Balaban J connectivity index is 2.03. The number of rotatable bonds is 4. The van der Waals surface area contributed by atoms with Crippen molar-refractivity contribution < 1.29 is 24.3 Å². The summed E-state index contributed by atoms with van der Waals surface area (Å²) in [7, 11) is 0. The molecule has 0 unspecified atom stereocenters. The number of amides is 4. The molecule has 0 saturated carbocycles. The van der Waals surface area contributed by atoms with Crippen molar-refractivity contribution in [2.75, 3.05) is 6.54 Å². The molecule has 1 aliphatic heterocycles. The van der Waals surface area contributed by atoms with E-state index in [2.05, 4.69) is 5.32 Å². The Morgan fingerprint density at radius 1 is 1.14 bits per heavy atom. The summed E-state index contributed by atoms with van der Waals surface area (Å²) in [4.78, 5) is 48.3. The van der Waals surface area contributed by atoms with Crippen molar-refractivity contribution in [1.29, 1.82) is 0 Å². The number of hydrogen-bond acceptors (Lipinski definition) is 4. The highest BCUT2D eigenvalue weighted by atomic mass is 16.4. The van der Waals surface area contributed by atoms with Gasteiger partial charge in [0, 0.05) is 23.6 Å². The predicted octanol–water partition coefficient (Wildman–Crippen LogP) is 2.27. The van der Waals surface area contributed by atoms with E-state index >= 15 is 0 Å². The van der Waals surface area contributed by atoms with E-state index in [0.717, 1.165) is 22.0 Å². The number of urea groups is 1. The van der Waals surface area contributed by atoms with Crippen molar-refractivity contribution in [2.45, 2.75) is 20.8 Å². The van der Waals surface area contributed by atoms with Gasteiger partial charge in [-0.1, -0.05) is 0 Å². The second-order valence-corrected chi connectivity index (χ2v) is 6.38. The molecule has 4 amide bonds. The zero-order chi connectivity index (χ0) is 20.6. The molecule has 1 fully saturated rings. The minimum Gasteiger partial charge on any atom is -0.478 e. The smallest absolute Gasteiger partial charge is 0.335 e. The molecular formula is C20H19N3O5. The summed E-state index contributed by atoms with van der Waals surface area (Å²) in [6, 6.07) is 7.50. The van der Waals surface area contributed by atoms with Gasteiger partial charge < -0.3 is 9.67 Å². The monoisotopic (exact) mass is 381 g/mol. The van der Waals surface area contributed by atoms with Crippen LogP contribution >= 0.6 is 0 Å². The van der Waals surface area contributed by atoms with Gasteiger partial charge in [-0.2, -0.15) is 0 Å². The lowest BCUT2D eigenvalue weighted by Gasteiger charge is -2.24. The average Bonchev–Trinajstić information content (AvgIpc) is 2.92. The van der Waals surface area contributed by atoms with Crippen LogP contribution in [0.2, 0.25) is 0 Å².